The summed E-state index contributed by atoms with van der Waals surface area (Å²) >= 11 is 35.5. The number of hydrogen-bond donors (Lipinski definition) is 1. The van der Waals surface area contributed by atoms with E-state index in [4.69, 9.17) is 69.6 Å². The molecule has 2 aliphatic rings. The number of aliphatic hydroxyl groups is 1. The molecule has 25 heteroatoms. The molecule has 2 aromatic heterocycles. The Bertz CT molecular complexity index is 2510. The number of Topliss-reactive ketones (excluding diaryl/α,β-unsaturated/α-hetero) is 2. The molecule has 2 fully saturated rings. The second-order valence-corrected chi connectivity index (χ2v) is 18.6. The molecule has 1 N–H and O–H groups in total. The molecule has 4 heterocycles. The predicted octanol–water partition coefficient (Wildman–Crippen LogP) is 14.7. The molecule has 0 saturated carbocycles. The quantitative estimate of drug-likeness (QED) is 0.112. The Balaban J connectivity index is 0.000000258. The molecule has 2 aliphatic heterocycles. The van der Waals surface area contributed by atoms with Gasteiger partial charge >= 0.3 is 24.7 Å². The van der Waals surface area contributed by atoms with Crippen LogP contribution in [-0.2, 0) is 45.6 Å². The number of pyridine rings is 2. The predicted molar refractivity (Wildman–Crippen MR) is 239 cm³/mol. The molecule has 4 aromatic rings. The van der Waals surface area contributed by atoms with E-state index in [1.165, 1.54) is 6.07 Å². The highest BCUT2D eigenvalue weighted by Gasteiger charge is 2.65. The minimum Gasteiger partial charge on any atom is -0.372 e. The molecule has 2 aromatic carbocycles. The van der Waals surface area contributed by atoms with Gasteiger partial charge in [0.1, 0.15) is 51.6 Å². The van der Waals surface area contributed by atoms with E-state index < -0.39 is 90.5 Å². The van der Waals surface area contributed by atoms with Gasteiger partial charge in [-0.3, -0.25) is 9.59 Å². The summed E-state index contributed by atoms with van der Waals surface area (Å²) in [7, 11) is 0. The number of hydrogen-bond acceptors (Lipinski definition) is 7. The Labute approximate surface area is 417 Å². The lowest BCUT2D eigenvalue weighted by Crippen LogP contribution is -2.52. The minimum absolute atomic E-state index is 0.0837. The monoisotopic (exact) mass is 1110 g/mol. The van der Waals surface area contributed by atoms with Gasteiger partial charge in [-0.15, -0.1) is 0 Å². The fraction of sp³-hybridized carbons (Fsp3) is 0.455. The smallest absolute Gasteiger partial charge is 0.372 e. The number of nitrogens with zero attached hydrogens (tertiary/aromatic N) is 4. The third-order valence-corrected chi connectivity index (χ3v) is 14.4. The number of aryl methyl sites for hydroxylation is 2. The Morgan fingerprint density at radius 1 is 0.623 bits per heavy atom. The normalized spacial score (nSPS) is 20.0. The van der Waals surface area contributed by atoms with Gasteiger partial charge in [0.15, 0.2) is 0 Å². The van der Waals surface area contributed by atoms with Crippen molar-refractivity contribution in [1.82, 2.24) is 9.97 Å². The first-order chi connectivity index (χ1) is 31.8. The zero-order valence-electron chi connectivity index (χ0n) is 35.8. The first-order valence-electron chi connectivity index (χ1n) is 20.6. The molecular weight excluding hydrogens is 1070 g/mol. The molecule has 6 rings (SSSR count). The van der Waals surface area contributed by atoms with Crippen LogP contribution >= 0.6 is 69.6 Å². The molecule has 0 aliphatic carbocycles. The number of carbonyl (C=O) groups excluding carboxylic acids is 2. The number of rotatable bonds is 12. The van der Waals surface area contributed by atoms with E-state index in [1.807, 2.05) is 0 Å². The molecule has 2 saturated heterocycles. The van der Waals surface area contributed by atoms with Crippen LogP contribution in [-0.4, -0.2) is 64.9 Å². The van der Waals surface area contributed by atoms with E-state index in [0.29, 0.717) is 0 Å². The van der Waals surface area contributed by atoms with Crippen molar-refractivity contribution in [3.8, 4) is 0 Å². The van der Waals surface area contributed by atoms with Crippen molar-refractivity contribution in [2.45, 2.75) is 107 Å². The highest BCUT2D eigenvalue weighted by atomic mass is 35.5. The van der Waals surface area contributed by atoms with Crippen LogP contribution in [0.15, 0.2) is 48.5 Å². The van der Waals surface area contributed by atoms with Crippen LogP contribution in [0, 0.1) is 0 Å². The summed E-state index contributed by atoms with van der Waals surface area (Å²) < 4.78 is 168. The summed E-state index contributed by atoms with van der Waals surface area (Å²) in [5.41, 5.74) is -9.05. The molecule has 7 nitrogen and oxygen atoms in total. The third-order valence-electron chi connectivity index (χ3n) is 12.1. The van der Waals surface area contributed by atoms with E-state index in [2.05, 4.69) is 9.97 Å². The maximum atomic E-state index is 14.4. The second-order valence-electron chi connectivity index (χ2n) is 16.2. The fourth-order valence-corrected chi connectivity index (χ4v) is 9.36. The van der Waals surface area contributed by atoms with Gasteiger partial charge in [-0.05, 0) is 84.3 Å². The summed E-state index contributed by atoms with van der Waals surface area (Å²) in [6.07, 6.45) is -23.3. The van der Waals surface area contributed by atoms with Crippen LogP contribution in [0.3, 0.4) is 0 Å². The molecule has 0 radical (unpaired) electrons. The second kappa shape index (κ2) is 21.3. The minimum atomic E-state index is -5.03. The summed E-state index contributed by atoms with van der Waals surface area (Å²) in [6, 6.07) is 8.58. The van der Waals surface area contributed by atoms with Crippen molar-refractivity contribution < 1.29 is 67.4 Å². The van der Waals surface area contributed by atoms with Crippen LogP contribution in [0.2, 0.25) is 30.1 Å². The van der Waals surface area contributed by atoms with Crippen LogP contribution in [0.1, 0.15) is 86.0 Å². The van der Waals surface area contributed by atoms with Crippen LogP contribution < -0.4 is 9.80 Å². The molecule has 3 unspecified atom stereocenters. The Kier molecular flexibility index (Phi) is 17.4. The van der Waals surface area contributed by atoms with Crippen molar-refractivity contribution in [3.63, 3.8) is 0 Å². The van der Waals surface area contributed by atoms with Gasteiger partial charge in [0.05, 0.1) is 30.1 Å². The topological polar surface area (TPSA) is 86.6 Å². The number of ketones is 2. The van der Waals surface area contributed by atoms with Crippen LogP contribution in [0.5, 0.6) is 0 Å². The van der Waals surface area contributed by atoms with Gasteiger partial charge in [0.2, 0.25) is 0 Å². The summed E-state index contributed by atoms with van der Waals surface area (Å²) in [5, 5.41) is 9.76. The molecule has 69 heavy (non-hydrogen) atoms. The van der Waals surface area contributed by atoms with Crippen molar-refractivity contribution in [3.05, 3.63) is 112 Å². The maximum Gasteiger partial charge on any atom is 0.433 e. The van der Waals surface area contributed by atoms with Gasteiger partial charge < -0.3 is 14.9 Å². The Morgan fingerprint density at radius 2 is 1.04 bits per heavy atom. The largest absolute Gasteiger partial charge is 0.433 e. The van der Waals surface area contributed by atoms with Crippen LogP contribution in [0.25, 0.3) is 0 Å². The maximum absolute atomic E-state index is 14.4. The summed E-state index contributed by atoms with van der Waals surface area (Å²) in [6.45, 7) is 1.85. The zero-order chi connectivity index (χ0) is 51.8. The molecule has 0 amide bonds. The molecule has 3 atom stereocenters. The SMILES string of the molecule is CCC(=O)CCc1ccc(N2CCC(c3cc(Cl)c(Cl)c(Cl)c3)(C(F)(F)F)C2)nc1C(F)(F)F.CCC(=O)CCc1ccc(N2CCC(c3cc(Cl)c(Cl)c(Cl)c3)(C(F)(F)F)C2O)nc1C(F)(F)F. The lowest BCUT2D eigenvalue weighted by atomic mass is 9.77. The average Bonchev–Trinajstić information content (AvgIpc) is 3.88. The number of benzene rings is 2. The van der Waals surface area contributed by atoms with Crippen LogP contribution in [0.4, 0.5) is 64.3 Å². The van der Waals surface area contributed by atoms with Crippen molar-refractivity contribution in [2.24, 2.45) is 0 Å². The summed E-state index contributed by atoms with van der Waals surface area (Å²) in [4.78, 5) is 32.2. The highest BCUT2D eigenvalue weighted by Crippen LogP contribution is 2.54. The first-order valence-corrected chi connectivity index (χ1v) is 22.9. The lowest BCUT2D eigenvalue weighted by molar-refractivity contribution is -0.210. The fourth-order valence-electron chi connectivity index (χ4n) is 8.17. The Morgan fingerprint density at radius 3 is 1.45 bits per heavy atom. The molecule has 378 valence electrons. The number of anilines is 2. The Hall–Kier alpha value is -3.46. The average molecular weight is 1110 g/mol. The molecule has 0 bridgehead atoms. The number of halogens is 18. The van der Waals surface area contributed by atoms with Crippen molar-refractivity contribution >= 4 is 92.8 Å². The van der Waals surface area contributed by atoms with E-state index >= 15 is 0 Å². The van der Waals surface area contributed by atoms with E-state index in [9.17, 15) is 67.4 Å². The lowest BCUT2D eigenvalue weighted by Gasteiger charge is -2.37. The van der Waals surface area contributed by atoms with E-state index in [1.54, 1.807) is 13.8 Å². The standard InChI is InChI=1S/C22H19Cl3F6N2O2.C22H19Cl3F6N2O/c1-2-13(34)5-3-11-4-6-16(32-18(11)21(26,27)28)33-8-7-20(19(33)35,22(29,30)31)12-9-14(23)17(25)15(24)10-12;1-2-14(34)5-3-12-4-6-17(32-19(12)21(26,27)28)33-8-7-20(11-33,22(29,30)31)13-9-15(23)18(25)16(24)10-13/h4,6,9-10,19,35H,2-3,5,7-8H2,1H3;4,6,9-10H,2-3,5,7-8,11H2,1H3. The van der Waals surface area contributed by atoms with Crippen molar-refractivity contribution in [1.29, 1.82) is 0 Å². The number of carbonyl (C=O) groups is 2. The van der Waals surface area contributed by atoms with E-state index in [0.717, 1.165) is 52.3 Å². The van der Waals surface area contributed by atoms with Gasteiger partial charge in [-0.2, -0.15) is 52.7 Å². The number of alkyl halides is 12. The highest BCUT2D eigenvalue weighted by molar-refractivity contribution is 6.48. The van der Waals surface area contributed by atoms with Crippen molar-refractivity contribution in [2.75, 3.05) is 29.4 Å². The van der Waals surface area contributed by atoms with Gasteiger partial charge in [0, 0.05) is 45.3 Å². The number of aromatic nitrogens is 2. The molecular formula is C44H38Cl6F12N4O3. The van der Waals surface area contributed by atoms with E-state index in [-0.39, 0.29) is 109 Å². The van der Waals surface area contributed by atoms with Gasteiger partial charge in [-0.1, -0.05) is 95.6 Å². The number of aliphatic hydroxyl groups excluding tert-OH is 1. The molecule has 0 spiro atoms. The zero-order valence-corrected chi connectivity index (χ0v) is 40.4. The first kappa shape index (κ1) is 56.5. The summed E-state index contributed by atoms with van der Waals surface area (Å²) in [5.74, 6) is -1.18. The third kappa shape index (κ3) is 11.9. The van der Waals surface area contributed by atoms with Gasteiger partial charge in [0.25, 0.3) is 0 Å². The van der Waals surface area contributed by atoms with Gasteiger partial charge in [-0.25, -0.2) is 9.97 Å².